The minimum Gasteiger partial charge on any atom is -0.376 e. The molecule has 130 valence electrons. The molecule has 2 rings (SSSR count). The summed E-state index contributed by atoms with van der Waals surface area (Å²) in [4.78, 5) is 12.4. The molecule has 1 aliphatic rings. The van der Waals surface area contributed by atoms with Crippen molar-refractivity contribution in [1.82, 2.24) is 15.1 Å². The summed E-state index contributed by atoms with van der Waals surface area (Å²) < 4.78 is 44.1. The summed E-state index contributed by atoms with van der Waals surface area (Å²) in [7, 11) is 0. The molecule has 1 aromatic heterocycles. The number of halogens is 3. The molecule has 1 aliphatic heterocycles. The van der Waals surface area contributed by atoms with Gasteiger partial charge in [-0.1, -0.05) is 0 Å². The van der Waals surface area contributed by atoms with Gasteiger partial charge in [-0.05, 0) is 34.1 Å². The highest BCUT2D eigenvalue weighted by molar-refractivity contribution is 5.84. The van der Waals surface area contributed by atoms with Crippen molar-refractivity contribution < 1.29 is 22.7 Å². The molecule has 8 heteroatoms. The number of aromatic nitrogens is 2. The van der Waals surface area contributed by atoms with Crippen LogP contribution in [0.4, 0.5) is 13.2 Å². The maximum absolute atomic E-state index is 12.6. The second kappa shape index (κ2) is 6.51. The van der Waals surface area contributed by atoms with Gasteiger partial charge >= 0.3 is 6.18 Å². The SMILES string of the molecule is Cc1nn(CC(F)(F)F)c(C)c1[C@H](C)C(=O)N[C@@H]1CCO[C@@H]1C. The summed E-state index contributed by atoms with van der Waals surface area (Å²) in [5.41, 5.74) is 1.38. The molecule has 23 heavy (non-hydrogen) atoms. The Hall–Kier alpha value is -1.57. The van der Waals surface area contributed by atoms with Gasteiger partial charge in [-0.2, -0.15) is 18.3 Å². The number of carbonyl (C=O) groups excluding carboxylic acids is 1. The molecule has 0 unspecified atom stereocenters. The van der Waals surface area contributed by atoms with Crippen LogP contribution in [-0.4, -0.2) is 40.6 Å². The van der Waals surface area contributed by atoms with Crippen LogP contribution < -0.4 is 5.32 Å². The zero-order valence-electron chi connectivity index (χ0n) is 13.7. The second-order valence-electron chi connectivity index (χ2n) is 6.06. The van der Waals surface area contributed by atoms with E-state index in [2.05, 4.69) is 10.4 Å². The van der Waals surface area contributed by atoms with E-state index < -0.39 is 18.6 Å². The van der Waals surface area contributed by atoms with Crippen LogP contribution in [0.5, 0.6) is 0 Å². The number of carbonyl (C=O) groups is 1. The zero-order valence-corrected chi connectivity index (χ0v) is 13.7. The lowest BCUT2D eigenvalue weighted by molar-refractivity contribution is -0.143. The van der Waals surface area contributed by atoms with E-state index in [9.17, 15) is 18.0 Å². The molecule has 1 saturated heterocycles. The summed E-state index contributed by atoms with van der Waals surface area (Å²) in [6, 6.07) is -0.0595. The summed E-state index contributed by atoms with van der Waals surface area (Å²) >= 11 is 0. The number of hydrogen-bond acceptors (Lipinski definition) is 3. The number of alkyl halides is 3. The van der Waals surface area contributed by atoms with E-state index in [1.165, 1.54) is 0 Å². The normalized spacial score (nSPS) is 23.1. The topological polar surface area (TPSA) is 56.2 Å². The van der Waals surface area contributed by atoms with Crippen molar-refractivity contribution in [3.05, 3.63) is 17.0 Å². The smallest absolute Gasteiger partial charge is 0.376 e. The van der Waals surface area contributed by atoms with E-state index in [4.69, 9.17) is 4.74 Å². The van der Waals surface area contributed by atoms with Crippen LogP contribution in [0.25, 0.3) is 0 Å². The van der Waals surface area contributed by atoms with Gasteiger partial charge < -0.3 is 10.1 Å². The molecule has 5 nitrogen and oxygen atoms in total. The maximum atomic E-state index is 12.6. The van der Waals surface area contributed by atoms with Crippen molar-refractivity contribution >= 4 is 5.91 Å². The van der Waals surface area contributed by atoms with Crippen LogP contribution in [0.3, 0.4) is 0 Å². The molecule has 2 heterocycles. The third-order valence-corrected chi connectivity index (χ3v) is 4.30. The predicted molar refractivity (Wildman–Crippen MR) is 78.1 cm³/mol. The van der Waals surface area contributed by atoms with Crippen LogP contribution in [0.1, 0.15) is 43.1 Å². The summed E-state index contributed by atoms with van der Waals surface area (Å²) in [5, 5.41) is 6.85. The number of nitrogens with zero attached hydrogens (tertiary/aromatic N) is 2. The van der Waals surface area contributed by atoms with Gasteiger partial charge in [0.05, 0.1) is 23.8 Å². The Morgan fingerprint density at radius 1 is 1.48 bits per heavy atom. The minimum absolute atomic E-state index is 0.0544. The first-order chi connectivity index (χ1) is 10.6. The Balaban J connectivity index is 2.15. The predicted octanol–water partition coefficient (Wildman–Crippen LogP) is 2.46. The first-order valence-electron chi connectivity index (χ1n) is 7.62. The molecule has 1 aromatic rings. The number of aryl methyl sites for hydroxylation is 1. The lowest BCUT2D eigenvalue weighted by atomic mass is 9.97. The van der Waals surface area contributed by atoms with Gasteiger partial charge in [-0.25, -0.2) is 0 Å². The minimum atomic E-state index is -4.34. The van der Waals surface area contributed by atoms with Gasteiger partial charge in [0.15, 0.2) is 0 Å². The Labute approximate surface area is 133 Å². The Morgan fingerprint density at radius 3 is 2.65 bits per heavy atom. The van der Waals surface area contributed by atoms with Crippen molar-refractivity contribution in [2.45, 2.75) is 64.9 Å². The zero-order chi connectivity index (χ0) is 17.4. The van der Waals surface area contributed by atoms with Crippen molar-refractivity contribution in [3.8, 4) is 0 Å². The highest BCUT2D eigenvalue weighted by Gasteiger charge is 2.33. The second-order valence-corrected chi connectivity index (χ2v) is 6.06. The fourth-order valence-electron chi connectivity index (χ4n) is 3.02. The van der Waals surface area contributed by atoms with E-state index in [0.29, 0.717) is 23.6 Å². The Bertz CT molecular complexity index is 583. The standard InChI is InChI=1S/C15H22F3N3O2/c1-8(14(22)19-12-5-6-23-11(12)4)13-9(2)20-21(10(13)3)7-15(16,17)18/h8,11-12H,5-7H2,1-4H3,(H,19,22)/t8-,11+,12+/m0/s1. The monoisotopic (exact) mass is 333 g/mol. The van der Waals surface area contributed by atoms with Gasteiger partial charge in [0.2, 0.25) is 5.91 Å². The highest BCUT2D eigenvalue weighted by Crippen LogP contribution is 2.27. The number of amides is 1. The summed E-state index contributed by atoms with van der Waals surface area (Å²) in [6.45, 7) is 6.21. The molecule has 0 aliphatic carbocycles. The molecular weight excluding hydrogens is 311 g/mol. The first-order valence-corrected chi connectivity index (χ1v) is 7.62. The lowest BCUT2D eigenvalue weighted by Crippen LogP contribution is -2.41. The third kappa shape index (κ3) is 4.04. The van der Waals surface area contributed by atoms with E-state index >= 15 is 0 Å². The van der Waals surface area contributed by atoms with Crippen molar-refractivity contribution in [2.24, 2.45) is 0 Å². The van der Waals surface area contributed by atoms with Gasteiger partial charge in [-0.3, -0.25) is 9.48 Å². The van der Waals surface area contributed by atoms with Crippen molar-refractivity contribution in [2.75, 3.05) is 6.61 Å². The van der Waals surface area contributed by atoms with Gasteiger partial charge in [0, 0.05) is 17.9 Å². The number of nitrogens with one attached hydrogen (secondary N) is 1. The molecule has 0 aromatic carbocycles. The fraction of sp³-hybridized carbons (Fsp3) is 0.733. The highest BCUT2D eigenvalue weighted by atomic mass is 19.4. The molecule has 1 N–H and O–H groups in total. The summed E-state index contributed by atoms with van der Waals surface area (Å²) in [6.07, 6.45) is -3.66. The average Bonchev–Trinajstić information content (AvgIpc) is 2.92. The Kier molecular flexibility index (Phi) is 5.03. The molecule has 1 amide bonds. The maximum Gasteiger partial charge on any atom is 0.408 e. The molecule has 0 spiro atoms. The third-order valence-electron chi connectivity index (χ3n) is 4.30. The van der Waals surface area contributed by atoms with Crippen molar-refractivity contribution in [1.29, 1.82) is 0 Å². The molecule has 3 atom stereocenters. The lowest BCUT2D eigenvalue weighted by Gasteiger charge is -2.19. The van der Waals surface area contributed by atoms with Crippen LogP contribution >= 0.6 is 0 Å². The quantitative estimate of drug-likeness (QED) is 0.921. The number of hydrogen-bond donors (Lipinski definition) is 1. The van der Waals surface area contributed by atoms with Crippen LogP contribution in [0, 0.1) is 13.8 Å². The van der Waals surface area contributed by atoms with Crippen molar-refractivity contribution in [3.63, 3.8) is 0 Å². The van der Waals surface area contributed by atoms with Crippen LogP contribution in [-0.2, 0) is 16.1 Å². The fourth-order valence-corrected chi connectivity index (χ4v) is 3.02. The van der Waals surface area contributed by atoms with E-state index in [0.717, 1.165) is 11.1 Å². The van der Waals surface area contributed by atoms with Gasteiger partial charge in [0.1, 0.15) is 6.54 Å². The molecular formula is C15H22F3N3O2. The molecule has 0 saturated carbocycles. The number of rotatable bonds is 4. The number of ether oxygens (including phenoxy) is 1. The van der Waals surface area contributed by atoms with E-state index in [-0.39, 0.29) is 18.1 Å². The van der Waals surface area contributed by atoms with E-state index in [1.54, 1.807) is 20.8 Å². The average molecular weight is 333 g/mol. The summed E-state index contributed by atoms with van der Waals surface area (Å²) in [5.74, 6) is -0.783. The van der Waals surface area contributed by atoms with E-state index in [1.807, 2.05) is 6.92 Å². The first kappa shape index (κ1) is 17.8. The van der Waals surface area contributed by atoms with Gasteiger partial charge in [0.25, 0.3) is 0 Å². The van der Waals surface area contributed by atoms with Gasteiger partial charge in [-0.15, -0.1) is 0 Å². The van der Waals surface area contributed by atoms with Crippen LogP contribution in [0.2, 0.25) is 0 Å². The van der Waals surface area contributed by atoms with Crippen LogP contribution in [0.15, 0.2) is 0 Å². The molecule has 0 radical (unpaired) electrons. The Morgan fingerprint density at radius 2 is 2.13 bits per heavy atom. The molecule has 0 bridgehead atoms. The molecule has 1 fully saturated rings. The largest absolute Gasteiger partial charge is 0.408 e.